The number of benzene rings is 1. The normalized spacial score (nSPS) is 12.8. The highest BCUT2D eigenvalue weighted by Gasteiger charge is 2.13. The van der Waals surface area contributed by atoms with E-state index >= 15 is 0 Å². The fourth-order valence-electron chi connectivity index (χ4n) is 2.68. The van der Waals surface area contributed by atoms with Crippen LogP contribution in [0.1, 0.15) is 18.2 Å². The Kier molecular flexibility index (Phi) is 4.68. The average Bonchev–Trinajstić information content (AvgIpc) is 3.07. The summed E-state index contributed by atoms with van der Waals surface area (Å²) in [5, 5.41) is 5.56. The molecule has 2 aromatic heterocycles. The van der Waals surface area contributed by atoms with Gasteiger partial charge in [0.15, 0.2) is 4.96 Å². The van der Waals surface area contributed by atoms with Gasteiger partial charge in [-0.2, -0.15) is 0 Å². The van der Waals surface area contributed by atoms with E-state index in [0.29, 0.717) is 5.92 Å². The van der Waals surface area contributed by atoms with Crippen molar-refractivity contribution in [2.24, 2.45) is 5.92 Å². The lowest BCUT2D eigenvalue weighted by atomic mass is 9.95. The lowest BCUT2D eigenvalue weighted by Gasteiger charge is -2.16. The molecule has 0 fully saturated rings. The summed E-state index contributed by atoms with van der Waals surface area (Å²) >= 11 is 1.69. The summed E-state index contributed by atoms with van der Waals surface area (Å²) in [5.74, 6) is 0.581. The van der Waals surface area contributed by atoms with Crippen LogP contribution in [0.3, 0.4) is 0 Å². The predicted molar refractivity (Wildman–Crippen MR) is 89.0 cm³/mol. The fraction of sp³-hybridized carbons (Fsp3) is 0.353. The number of imidazole rings is 1. The Labute approximate surface area is 129 Å². The number of aromatic nitrogens is 2. The first-order valence-electron chi connectivity index (χ1n) is 7.51. The third-order valence-electron chi connectivity index (χ3n) is 3.69. The number of fused-ring (bicyclic) bond motifs is 1. The van der Waals surface area contributed by atoms with E-state index in [-0.39, 0.29) is 0 Å². The summed E-state index contributed by atoms with van der Waals surface area (Å²) in [4.78, 5) is 5.81. The fourth-order valence-corrected chi connectivity index (χ4v) is 3.40. The predicted octanol–water partition coefficient (Wildman–Crippen LogP) is 3.41. The van der Waals surface area contributed by atoms with Crippen LogP contribution in [0.2, 0.25) is 0 Å². The van der Waals surface area contributed by atoms with Crippen molar-refractivity contribution in [2.75, 3.05) is 13.1 Å². The van der Waals surface area contributed by atoms with Gasteiger partial charge in [0.1, 0.15) is 0 Å². The molecule has 3 nitrogen and oxygen atoms in total. The van der Waals surface area contributed by atoms with Crippen LogP contribution < -0.4 is 5.32 Å². The smallest absolute Gasteiger partial charge is 0.193 e. The summed E-state index contributed by atoms with van der Waals surface area (Å²) in [6, 6.07) is 10.7. The van der Waals surface area contributed by atoms with E-state index < -0.39 is 0 Å². The molecule has 2 heterocycles. The lowest BCUT2D eigenvalue weighted by Crippen LogP contribution is -2.25. The van der Waals surface area contributed by atoms with E-state index in [1.54, 1.807) is 11.3 Å². The zero-order valence-corrected chi connectivity index (χ0v) is 13.1. The average molecular weight is 299 g/mol. The van der Waals surface area contributed by atoms with Gasteiger partial charge >= 0.3 is 0 Å². The molecule has 0 saturated heterocycles. The number of nitrogens with zero attached hydrogens (tertiary/aromatic N) is 2. The molecule has 0 radical (unpaired) electrons. The van der Waals surface area contributed by atoms with Crippen LogP contribution in [0.5, 0.6) is 0 Å². The highest BCUT2D eigenvalue weighted by atomic mass is 32.1. The summed E-state index contributed by atoms with van der Waals surface area (Å²) < 4.78 is 2.12. The SMILES string of the molecule is CCNCC(Cc1ccccc1)Cc1cn2ccsc2n1. The summed E-state index contributed by atoms with van der Waals surface area (Å²) in [6.07, 6.45) is 6.36. The molecular weight excluding hydrogens is 278 g/mol. The first-order chi connectivity index (χ1) is 10.3. The molecule has 0 aliphatic rings. The van der Waals surface area contributed by atoms with Crippen LogP contribution >= 0.6 is 11.3 Å². The molecule has 3 rings (SSSR count). The van der Waals surface area contributed by atoms with Crippen LogP contribution in [-0.2, 0) is 12.8 Å². The standard InChI is InChI=1S/C17H21N3S/c1-2-18-12-15(10-14-6-4-3-5-7-14)11-16-13-20-8-9-21-17(20)19-16/h3-9,13,15,18H,2,10-12H2,1H3. The molecule has 1 N–H and O–H groups in total. The van der Waals surface area contributed by atoms with Gasteiger partial charge in [0.25, 0.3) is 0 Å². The number of hydrogen-bond donors (Lipinski definition) is 1. The van der Waals surface area contributed by atoms with Gasteiger partial charge in [-0.1, -0.05) is 37.3 Å². The second kappa shape index (κ2) is 6.87. The maximum absolute atomic E-state index is 4.72. The van der Waals surface area contributed by atoms with Gasteiger partial charge in [0.05, 0.1) is 5.69 Å². The monoisotopic (exact) mass is 299 g/mol. The molecule has 21 heavy (non-hydrogen) atoms. The van der Waals surface area contributed by atoms with Crippen molar-refractivity contribution in [1.29, 1.82) is 0 Å². The maximum Gasteiger partial charge on any atom is 0.193 e. The van der Waals surface area contributed by atoms with Crippen molar-refractivity contribution < 1.29 is 0 Å². The number of hydrogen-bond acceptors (Lipinski definition) is 3. The summed E-state index contributed by atoms with van der Waals surface area (Å²) in [7, 11) is 0. The van der Waals surface area contributed by atoms with Gasteiger partial charge in [-0.05, 0) is 37.4 Å². The Hall–Kier alpha value is -1.65. The second-order valence-corrected chi connectivity index (χ2v) is 6.27. The Morgan fingerprint density at radius 2 is 2.10 bits per heavy atom. The number of nitrogens with one attached hydrogen (secondary N) is 1. The topological polar surface area (TPSA) is 29.3 Å². The van der Waals surface area contributed by atoms with Crippen molar-refractivity contribution in [3.63, 3.8) is 0 Å². The Morgan fingerprint density at radius 3 is 2.86 bits per heavy atom. The van der Waals surface area contributed by atoms with Crippen molar-refractivity contribution in [1.82, 2.24) is 14.7 Å². The van der Waals surface area contributed by atoms with Crippen LogP contribution in [0.4, 0.5) is 0 Å². The Morgan fingerprint density at radius 1 is 1.24 bits per heavy atom. The van der Waals surface area contributed by atoms with Gasteiger partial charge in [-0.15, -0.1) is 11.3 Å². The largest absolute Gasteiger partial charge is 0.317 e. The maximum atomic E-state index is 4.72. The highest BCUT2D eigenvalue weighted by molar-refractivity contribution is 7.15. The molecular formula is C17H21N3S. The first-order valence-corrected chi connectivity index (χ1v) is 8.39. The molecule has 4 heteroatoms. The Balaban J connectivity index is 1.70. The molecule has 1 unspecified atom stereocenters. The third-order valence-corrected chi connectivity index (χ3v) is 4.46. The molecule has 0 spiro atoms. The second-order valence-electron chi connectivity index (χ2n) is 5.39. The van der Waals surface area contributed by atoms with E-state index in [4.69, 9.17) is 4.98 Å². The van der Waals surface area contributed by atoms with Gasteiger partial charge in [0, 0.05) is 17.8 Å². The minimum atomic E-state index is 0.581. The Bertz CT molecular complexity index is 643. The molecule has 0 aliphatic heterocycles. The third kappa shape index (κ3) is 3.71. The minimum Gasteiger partial charge on any atom is -0.317 e. The molecule has 0 amide bonds. The van der Waals surface area contributed by atoms with Crippen molar-refractivity contribution >= 4 is 16.3 Å². The zero-order chi connectivity index (χ0) is 14.5. The van der Waals surface area contributed by atoms with Crippen molar-refractivity contribution in [3.8, 4) is 0 Å². The highest BCUT2D eigenvalue weighted by Crippen LogP contribution is 2.17. The van der Waals surface area contributed by atoms with E-state index in [1.807, 2.05) is 0 Å². The van der Waals surface area contributed by atoms with E-state index in [1.165, 1.54) is 11.3 Å². The minimum absolute atomic E-state index is 0.581. The molecule has 110 valence electrons. The quantitative estimate of drug-likeness (QED) is 0.724. The van der Waals surface area contributed by atoms with Gasteiger partial charge in [0.2, 0.25) is 0 Å². The van der Waals surface area contributed by atoms with Gasteiger partial charge < -0.3 is 5.32 Å². The molecule has 3 aromatic rings. The summed E-state index contributed by atoms with van der Waals surface area (Å²) in [5.41, 5.74) is 2.60. The van der Waals surface area contributed by atoms with E-state index in [2.05, 4.69) is 64.7 Å². The van der Waals surface area contributed by atoms with Crippen molar-refractivity contribution in [2.45, 2.75) is 19.8 Å². The molecule has 1 aromatic carbocycles. The van der Waals surface area contributed by atoms with Crippen LogP contribution in [0.25, 0.3) is 4.96 Å². The van der Waals surface area contributed by atoms with E-state index in [9.17, 15) is 0 Å². The van der Waals surface area contributed by atoms with Gasteiger partial charge in [-0.25, -0.2) is 4.98 Å². The number of thiazole rings is 1. The first kappa shape index (κ1) is 14.3. The number of rotatable bonds is 7. The van der Waals surface area contributed by atoms with Crippen LogP contribution in [0, 0.1) is 5.92 Å². The van der Waals surface area contributed by atoms with Crippen molar-refractivity contribution in [3.05, 3.63) is 59.4 Å². The molecule has 0 saturated carbocycles. The molecule has 0 aliphatic carbocycles. The van der Waals surface area contributed by atoms with Crippen LogP contribution in [-0.4, -0.2) is 22.5 Å². The molecule has 1 atom stereocenters. The van der Waals surface area contributed by atoms with Crippen LogP contribution in [0.15, 0.2) is 48.1 Å². The lowest BCUT2D eigenvalue weighted by molar-refractivity contribution is 0.474. The molecule has 0 bridgehead atoms. The zero-order valence-electron chi connectivity index (χ0n) is 12.3. The van der Waals surface area contributed by atoms with E-state index in [0.717, 1.165) is 30.9 Å². The van der Waals surface area contributed by atoms with Gasteiger partial charge in [-0.3, -0.25) is 4.40 Å². The summed E-state index contributed by atoms with van der Waals surface area (Å²) in [6.45, 7) is 4.21.